The van der Waals surface area contributed by atoms with Crippen molar-refractivity contribution in [2.75, 3.05) is 0 Å². The summed E-state index contributed by atoms with van der Waals surface area (Å²) in [5.74, 6) is -1.44. The van der Waals surface area contributed by atoms with Crippen molar-refractivity contribution in [3.05, 3.63) is 29.6 Å². The van der Waals surface area contributed by atoms with Crippen LogP contribution in [0.5, 0.6) is 5.75 Å². The third-order valence-electron chi connectivity index (χ3n) is 2.43. The zero-order chi connectivity index (χ0) is 12.3. The highest BCUT2D eigenvalue weighted by molar-refractivity contribution is 5.87. The first-order valence-corrected chi connectivity index (χ1v) is 5.11. The lowest BCUT2D eigenvalue weighted by Gasteiger charge is -2.18. The third kappa shape index (κ3) is 2.95. The molecule has 0 spiro atoms. The highest BCUT2D eigenvalue weighted by Crippen LogP contribution is 2.21. The number of carbonyl (C=O) groups is 1. The van der Waals surface area contributed by atoms with Gasteiger partial charge in [-0.3, -0.25) is 0 Å². The molecule has 0 aliphatic heterocycles. The topological polar surface area (TPSA) is 46.5 Å². The van der Waals surface area contributed by atoms with Crippen molar-refractivity contribution in [3.8, 4) is 5.75 Å². The molecule has 0 aliphatic carbocycles. The molecular weight excluding hydrogens is 211 g/mol. The van der Waals surface area contributed by atoms with E-state index >= 15 is 0 Å². The van der Waals surface area contributed by atoms with Gasteiger partial charge in [-0.05, 0) is 31.0 Å². The highest BCUT2D eigenvalue weighted by Gasteiger charge is 2.13. The third-order valence-corrected chi connectivity index (χ3v) is 2.43. The van der Waals surface area contributed by atoms with Gasteiger partial charge in [-0.25, -0.2) is 9.18 Å². The molecule has 0 saturated carbocycles. The molecule has 0 saturated heterocycles. The molecule has 1 atom stereocenters. The number of aromatic carboxylic acids is 1. The average Bonchev–Trinajstić information content (AvgIpc) is 2.20. The van der Waals surface area contributed by atoms with Gasteiger partial charge in [0.1, 0.15) is 0 Å². The van der Waals surface area contributed by atoms with E-state index in [-0.39, 0.29) is 23.3 Å². The first-order valence-electron chi connectivity index (χ1n) is 5.11. The van der Waals surface area contributed by atoms with Crippen LogP contribution >= 0.6 is 0 Å². The number of carboxylic acid groups (broad SMARTS) is 1. The van der Waals surface area contributed by atoms with Crippen LogP contribution in [0.3, 0.4) is 0 Å². The molecule has 3 nitrogen and oxygen atoms in total. The summed E-state index contributed by atoms with van der Waals surface area (Å²) in [7, 11) is 0. The Kier molecular flexibility index (Phi) is 3.88. The molecule has 0 fully saturated rings. The van der Waals surface area contributed by atoms with E-state index in [1.165, 1.54) is 12.1 Å². The minimum Gasteiger partial charge on any atom is -0.487 e. The van der Waals surface area contributed by atoms with Crippen molar-refractivity contribution in [2.24, 2.45) is 5.92 Å². The molecule has 1 unspecified atom stereocenters. The monoisotopic (exact) mass is 226 g/mol. The maximum atomic E-state index is 13.4. The molecule has 4 heteroatoms. The Bertz CT molecular complexity index is 388. The van der Waals surface area contributed by atoms with Crippen LogP contribution in [0.25, 0.3) is 0 Å². The predicted molar refractivity (Wildman–Crippen MR) is 58.3 cm³/mol. The molecule has 0 aliphatic rings. The number of ether oxygens (including phenoxy) is 1. The van der Waals surface area contributed by atoms with Gasteiger partial charge in [0.15, 0.2) is 11.6 Å². The van der Waals surface area contributed by atoms with Crippen molar-refractivity contribution in [3.63, 3.8) is 0 Å². The van der Waals surface area contributed by atoms with Gasteiger partial charge in [-0.15, -0.1) is 0 Å². The van der Waals surface area contributed by atoms with Gasteiger partial charge in [0.25, 0.3) is 0 Å². The van der Waals surface area contributed by atoms with Gasteiger partial charge in [0.2, 0.25) is 0 Å². The first-order chi connectivity index (χ1) is 7.41. The molecule has 1 aromatic carbocycles. The molecule has 88 valence electrons. The summed E-state index contributed by atoms with van der Waals surface area (Å²) in [6.07, 6.45) is -0.120. The number of halogens is 1. The van der Waals surface area contributed by atoms with E-state index in [4.69, 9.17) is 9.84 Å². The van der Waals surface area contributed by atoms with Gasteiger partial charge in [-0.1, -0.05) is 13.8 Å². The largest absolute Gasteiger partial charge is 0.487 e. The van der Waals surface area contributed by atoms with Gasteiger partial charge in [-0.2, -0.15) is 0 Å². The summed E-state index contributed by atoms with van der Waals surface area (Å²) in [5, 5.41) is 8.66. The Morgan fingerprint density at radius 1 is 1.38 bits per heavy atom. The second kappa shape index (κ2) is 4.96. The lowest BCUT2D eigenvalue weighted by atomic mass is 10.1. The second-order valence-corrected chi connectivity index (χ2v) is 4.02. The van der Waals surface area contributed by atoms with Gasteiger partial charge < -0.3 is 9.84 Å². The Hall–Kier alpha value is -1.58. The van der Waals surface area contributed by atoms with Crippen LogP contribution < -0.4 is 4.74 Å². The molecular formula is C12H15FO3. The standard InChI is InChI=1S/C12H15FO3/c1-7(2)8(3)16-11-5-4-9(12(14)15)6-10(11)13/h4-8H,1-3H3,(H,14,15). The van der Waals surface area contributed by atoms with Gasteiger partial charge >= 0.3 is 5.97 Å². The average molecular weight is 226 g/mol. The lowest BCUT2D eigenvalue weighted by Crippen LogP contribution is -2.19. The molecule has 0 aromatic heterocycles. The van der Waals surface area contributed by atoms with E-state index in [1.807, 2.05) is 20.8 Å². The van der Waals surface area contributed by atoms with Crippen molar-refractivity contribution >= 4 is 5.97 Å². The lowest BCUT2D eigenvalue weighted by molar-refractivity contribution is 0.0696. The number of hydrogen-bond acceptors (Lipinski definition) is 2. The minimum absolute atomic E-state index is 0.0814. The summed E-state index contributed by atoms with van der Waals surface area (Å²) in [6, 6.07) is 3.64. The SMILES string of the molecule is CC(C)C(C)Oc1ccc(C(=O)O)cc1F. The summed E-state index contributed by atoms with van der Waals surface area (Å²) in [4.78, 5) is 10.6. The number of carboxylic acids is 1. The molecule has 1 rings (SSSR count). The number of hydrogen-bond donors (Lipinski definition) is 1. The Labute approximate surface area is 93.9 Å². The Morgan fingerprint density at radius 2 is 2.00 bits per heavy atom. The van der Waals surface area contributed by atoms with Crippen LogP contribution in [0.15, 0.2) is 18.2 Å². The van der Waals surface area contributed by atoms with E-state index in [9.17, 15) is 9.18 Å². The van der Waals surface area contributed by atoms with E-state index < -0.39 is 11.8 Å². The second-order valence-electron chi connectivity index (χ2n) is 4.02. The molecule has 0 heterocycles. The van der Waals surface area contributed by atoms with E-state index in [0.29, 0.717) is 0 Å². The van der Waals surface area contributed by atoms with Crippen molar-refractivity contribution < 1.29 is 19.0 Å². The predicted octanol–water partition coefficient (Wildman–Crippen LogP) is 2.95. The minimum atomic E-state index is -1.15. The molecule has 0 radical (unpaired) electrons. The quantitative estimate of drug-likeness (QED) is 0.858. The zero-order valence-corrected chi connectivity index (χ0v) is 9.53. The fourth-order valence-corrected chi connectivity index (χ4v) is 1.07. The van der Waals surface area contributed by atoms with Crippen LogP contribution in [-0.2, 0) is 0 Å². The molecule has 1 aromatic rings. The highest BCUT2D eigenvalue weighted by atomic mass is 19.1. The van der Waals surface area contributed by atoms with Crippen molar-refractivity contribution in [1.82, 2.24) is 0 Å². The normalized spacial score (nSPS) is 12.6. The maximum absolute atomic E-state index is 13.4. The Morgan fingerprint density at radius 3 is 2.44 bits per heavy atom. The Balaban J connectivity index is 2.87. The van der Waals surface area contributed by atoms with E-state index in [0.717, 1.165) is 6.07 Å². The van der Waals surface area contributed by atoms with Crippen molar-refractivity contribution in [1.29, 1.82) is 0 Å². The molecule has 1 N–H and O–H groups in total. The summed E-state index contributed by atoms with van der Waals surface area (Å²) in [6.45, 7) is 5.78. The summed E-state index contributed by atoms with van der Waals surface area (Å²) in [5.41, 5.74) is -0.0814. The fourth-order valence-electron chi connectivity index (χ4n) is 1.07. The number of rotatable bonds is 4. The summed E-state index contributed by atoms with van der Waals surface area (Å²) >= 11 is 0. The molecule has 0 bridgehead atoms. The smallest absolute Gasteiger partial charge is 0.335 e. The maximum Gasteiger partial charge on any atom is 0.335 e. The van der Waals surface area contributed by atoms with Gasteiger partial charge in [0.05, 0.1) is 11.7 Å². The van der Waals surface area contributed by atoms with Crippen LogP contribution in [0.2, 0.25) is 0 Å². The van der Waals surface area contributed by atoms with Crippen molar-refractivity contribution in [2.45, 2.75) is 26.9 Å². The van der Waals surface area contributed by atoms with E-state index in [2.05, 4.69) is 0 Å². The van der Waals surface area contributed by atoms with Gasteiger partial charge in [0, 0.05) is 0 Å². The molecule has 16 heavy (non-hydrogen) atoms. The number of benzene rings is 1. The molecule has 0 amide bonds. The van der Waals surface area contributed by atoms with E-state index in [1.54, 1.807) is 0 Å². The van der Waals surface area contributed by atoms with Crippen LogP contribution in [0, 0.1) is 11.7 Å². The first kappa shape index (κ1) is 12.5. The van der Waals surface area contributed by atoms with Crippen LogP contribution in [-0.4, -0.2) is 17.2 Å². The zero-order valence-electron chi connectivity index (χ0n) is 9.53. The van der Waals surface area contributed by atoms with Crippen LogP contribution in [0.1, 0.15) is 31.1 Å². The summed E-state index contributed by atoms with van der Waals surface area (Å²) < 4.78 is 18.8. The van der Waals surface area contributed by atoms with Crippen LogP contribution in [0.4, 0.5) is 4.39 Å². The fraction of sp³-hybridized carbons (Fsp3) is 0.417.